The Bertz CT molecular complexity index is 826. The molecule has 27 heavy (non-hydrogen) atoms. The van der Waals surface area contributed by atoms with Crippen LogP contribution < -0.4 is 15.1 Å². The normalized spacial score (nSPS) is 16.8. The first-order valence-electron chi connectivity index (χ1n) is 9.73. The standard InChI is InChI=1S/C22H25N3O2/c26-21-7-4-14-25(21)19-10-8-17(9-11-19)16-23-22(27)18-5-3-6-20(15-18)24-12-1-2-13-24/h3,5-6,8-11,15H,1-2,4,7,12-14,16H2,(H,23,27). The fraction of sp³-hybridized carbons (Fsp3) is 0.364. The summed E-state index contributed by atoms with van der Waals surface area (Å²) >= 11 is 0. The summed E-state index contributed by atoms with van der Waals surface area (Å²) in [7, 11) is 0. The van der Waals surface area contributed by atoms with Crippen molar-refractivity contribution in [2.45, 2.75) is 32.2 Å². The minimum Gasteiger partial charge on any atom is -0.372 e. The molecule has 2 fully saturated rings. The zero-order valence-corrected chi connectivity index (χ0v) is 15.5. The maximum absolute atomic E-state index is 12.5. The second-order valence-corrected chi connectivity index (χ2v) is 7.24. The zero-order valence-electron chi connectivity index (χ0n) is 15.5. The van der Waals surface area contributed by atoms with E-state index >= 15 is 0 Å². The Hall–Kier alpha value is -2.82. The highest BCUT2D eigenvalue weighted by Crippen LogP contribution is 2.22. The minimum absolute atomic E-state index is 0.0603. The molecule has 5 nitrogen and oxygen atoms in total. The molecule has 0 aromatic heterocycles. The van der Waals surface area contributed by atoms with Gasteiger partial charge in [0.15, 0.2) is 0 Å². The quantitative estimate of drug-likeness (QED) is 0.886. The molecule has 0 aliphatic carbocycles. The Morgan fingerprint density at radius 1 is 0.926 bits per heavy atom. The van der Waals surface area contributed by atoms with Crippen molar-refractivity contribution in [3.8, 4) is 0 Å². The van der Waals surface area contributed by atoms with Crippen LogP contribution in [0.3, 0.4) is 0 Å². The van der Waals surface area contributed by atoms with E-state index in [1.54, 1.807) is 0 Å². The van der Waals surface area contributed by atoms with E-state index in [0.717, 1.165) is 43.0 Å². The van der Waals surface area contributed by atoms with Crippen LogP contribution in [0.15, 0.2) is 48.5 Å². The number of anilines is 2. The number of amides is 2. The average Bonchev–Trinajstić information content (AvgIpc) is 3.38. The maximum atomic E-state index is 12.5. The van der Waals surface area contributed by atoms with Crippen molar-refractivity contribution in [2.75, 3.05) is 29.4 Å². The molecule has 0 unspecified atom stereocenters. The molecular formula is C22H25N3O2. The lowest BCUT2D eigenvalue weighted by molar-refractivity contribution is -0.117. The van der Waals surface area contributed by atoms with Crippen LogP contribution in [-0.2, 0) is 11.3 Å². The van der Waals surface area contributed by atoms with Gasteiger partial charge in [-0.15, -0.1) is 0 Å². The number of carbonyl (C=O) groups excluding carboxylic acids is 2. The molecule has 2 aromatic rings. The third kappa shape index (κ3) is 3.97. The number of nitrogens with zero attached hydrogens (tertiary/aromatic N) is 2. The molecule has 5 heteroatoms. The summed E-state index contributed by atoms with van der Waals surface area (Å²) in [5, 5.41) is 2.99. The van der Waals surface area contributed by atoms with Crippen LogP contribution in [0.2, 0.25) is 0 Å². The highest BCUT2D eigenvalue weighted by Gasteiger charge is 2.21. The van der Waals surface area contributed by atoms with Gasteiger partial charge < -0.3 is 15.1 Å². The molecule has 0 atom stereocenters. The largest absolute Gasteiger partial charge is 0.372 e. The Labute approximate surface area is 160 Å². The topological polar surface area (TPSA) is 52.7 Å². The Kier molecular flexibility index (Phi) is 5.10. The second-order valence-electron chi connectivity index (χ2n) is 7.24. The molecule has 2 amide bonds. The van der Waals surface area contributed by atoms with Crippen LogP contribution in [-0.4, -0.2) is 31.4 Å². The summed E-state index contributed by atoms with van der Waals surface area (Å²) in [6, 6.07) is 15.7. The van der Waals surface area contributed by atoms with E-state index in [-0.39, 0.29) is 11.8 Å². The molecule has 2 aromatic carbocycles. The van der Waals surface area contributed by atoms with Gasteiger partial charge in [-0.3, -0.25) is 9.59 Å². The maximum Gasteiger partial charge on any atom is 0.251 e. The van der Waals surface area contributed by atoms with E-state index < -0.39 is 0 Å². The summed E-state index contributed by atoms with van der Waals surface area (Å²) in [6.07, 6.45) is 3.99. The summed E-state index contributed by atoms with van der Waals surface area (Å²) < 4.78 is 0. The van der Waals surface area contributed by atoms with E-state index in [1.165, 1.54) is 12.8 Å². The molecule has 0 radical (unpaired) electrons. The van der Waals surface area contributed by atoms with Crippen molar-refractivity contribution in [3.05, 3.63) is 59.7 Å². The molecule has 4 rings (SSSR count). The number of rotatable bonds is 5. The van der Waals surface area contributed by atoms with Gasteiger partial charge in [-0.2, -0.15) is 0 Å². The predicted molar refractivity (Wildman–Crippen MR) is 107 cm³/mol. The molecule has 0 spiro atoms. The van der Waals surface area contributed by atoms with Gasteiger partial charge in [-0.1, -0.05) is 18.2 Å². The van der Waals surface area contributed by atoms with Crippen molar-refractivity contribution in [2.24, 2.45) is 0 Å². The van der Waals surface area contributed by atoms with Crippen LogP contribution in [0.1, 0.15) is 41.6 Å². The Balaban J connectivity index is 1.36. The smallest absolute Gasteiger partial charge is 0.251 e. The second kappa shape index (κ2) is 7.82. The fourth-order valence-electron chi connectivity index (χ4n) is 3.82. The van der Waals surface area contributed by atoms with Gasteiger partial charge in [0.05, 0.1) is 0 Å². The molecule has 2 aliphatic rings. The van der Waals surface area contributed by atoms with Crippen molar-refractivity contribution in [1.82, 2.24) is 5.32 Å². The number of benzene rings is 2. The lowest BCUT2D eigenvalue weighted by atomic mass is 10.1. The molecule has 1 N–H and O–H groups in total. The van der Waals surface area contributed by atoms with Gasteiger partial charge in [0.25, 0.3) is 5.91 Å². The third-order valence-electron chi connectivity index (χ3n) is 5.35. The SMILES string of the molecule is O=C(NCc1ccc(N2CCCC2=O)cc1)c1cccc(N2CCCC2)c1. The summed E-state index contributed by atoms with van der Waals surface area (Å²) in [5.41, 5.74) is 3.78. The van der Waals surface area contributed by atoms with Crippen molar-refractivity contribution in [1.29, 1.82) is 0 Å². The van der Waals surface area contributed by atoms with E-state index in [1.807, 2.05) is 47.4 Å². The Morgan fingerprint density at radius 3 is 2.41 bits per heavy atom. The van der Waals surface area contributed by atoms with E-state index in [2.05, 4.69) is 16.3 Å². The Morgan fingerprint density at radius 2 is 1.70 bits per heavy atom. The number of carbonyl (C=O) groups is 2. The van der Waals surface area contributed by atoms with E-state index in [9.17, 15) is 9.59 Å². The summed E-state index contributed by atoms with van der Waals surface area (Å²) in [4.78, 5) is 28.5. The first-order valence-corrected chi connectivity index (χ1v) is 9.73. The molecule has 0 saturated carbocycles. The van der Waals surface area contributed by atoms with Gasteiger partial charge in [0, 0.05) is 49.5 Å². The summed E-state index contributed by atoms with van der Waals surface area (Å²) in [5.74, 6) is 0.129. The highest BCUT2D eigenvalue weighted by atomic mass is 16.2. The van der Waals surface area contributed by atoms with Gasteiger partial charge in [-0.05, 0) is 55.2 Å². The van der Waals surface area contributed by atoms with Crippen molar-refractivity contribution < 1.29 is 9.59 Å². The number of hydrogen-bond donors (Lipinski definition) is 1. The first-order chi connectivity index (χ1) is 13.2. The predicted octanol–water partition coefficient (Wildman–Crippen LogP) is 3.34. The van der Waals surface area contributed by atoms with Gasteiger partial charge in [-0.25, -0.2) is 0 Å². The highest BCUT2D eigenvalue weighted by molar-refractivity contribution is 5.96. The van der Waals surface area contributed by atoms with Gasteiger partial charge >= 0.3 is 0 Å². The molecule has 2 saturated heterocycles. The zero-order chi connectivity index (χ0) is 18.6. The molecule has 140 valence electrons. The minimum atomic E-state index is -0.0603. The first kappa shape index (κ1) is 17.6. The average molecular weight is 363 g/mol. The third-order valence-corrected chi connectivity index (χ3v) is 5.35. The van der Waals surface area contributed by atoms with Gasteiger partial charge in [0.2, 0.25) is 5.91 Å². The molecule has 2 aliphatic heterocycles. The lowest BCUT2D eigenvalue weighted by Crippen LogP contribution is -2.24. The van der Waals surface area contributed by atoms with E-state index in [4.69, 9.17) is 0 Å². The van der Waals surface area contributed by atoms with Crippen LogP contribution in [0.25, 0.3) is 0 Å². The van der Waals surface area contributed by atoms with E-state index in [0.29, 0.717) is 18.5 Å². The fourth-order valence-corrected chi connectivity index (χ4v) is 3.82. The number of nitrogens with one attached hydrogen (secondary N) is 1. The number of hydrogen-bond acceptors (Lipinski definition) is 3. The van der Waals surface area contributed by atoms with Gasteiger partial charge in [0.1, 0.15) is 0 Å². The van der Waals surface area contributed by atoms with Crippen LogP contribution >= 0.6 is 0 Å². The van der Waals surface area contributed by atoms with Crippen LogP contribution in [0.4, 0.5) is 11.4 Å². The molecule has 2 heterocycles. The van der Waals surface area contributed by atoms with Crippen LogP contribution in [0, 0.1) is 0 Å². The molecular weight excluding hydrogens is 338 g/mol. The van der Waals surface area contributed by atoms with Crippen LogP contribution in [0.5, 0.6) is 0 Å². The van der Waals surface area contributed by atoms with Crippen molar-refractivity contribution >= 4 is 23.2 Å². The molecule has 0 bridgehead atoms. The monoisotopic (exact) mass is 363 g/mol. The summed E-state index contributed by atoms with van der Waals surface area (Å²) in [6.45, 7) is 3.40. The lowest BCUT2D eigenvalue weighted by Gasteiger charge is -2.18. The van der Waals surface area contributed by atoms with Crippen molar-refractivity contribution in [3.63, 3.8) is 0 Å².